The maximum absolute atomic E-state index is 13.6. The molecule has 0 fully saturated rings. The summed E-state index contributed by atoms with van der Waals surface area (Å²) >= 11 is 0. The lowest BCUT2D eigenvalue weighted by atomic mass is 10.2. The average molecular weight is 425 g/mol. The number of sulfone groups is 1. The normalized spacial score (nSPS) is 11.5. The van der Waals surface area contributed by atoms with E-state index in [0.717, 1.165) is 6.07 Å². The van der Waals surface area contributed by atoms with Crippen molar-refractivity contribution in [1.82, 2.24) is 24.7 Å². The number of halogens is 1. The van der Waals surface area contributed by atoms with Gasteiger partial charge in [-0.05, 0) is 42.8 Å². The first-order valence-corrected chi connectivity index (χ1v) is 10.4. The summed E-state index contributed by atoms with van der Waals surface area (Å²) in [5, 5.41) is 2.70. The van der Waals surface area contributed by atoms with Gasteiger partial charge in [0.25, 0.3) is 5.91 Å². The lowest BCUT2D eigenvalue weighted by Gasteiger charge is -2.08. The van der Waals surface area contributed by atoms with E-state index in [9.17, 15) is 17.6 Å². The van der Waals surface area contributed by atoms with Gasteiger partial charge < -0.3 is 5.32 Å². The monoisotopic (exact) mass is 425 g/mol. The Morgan fingerprint density at radius 2 is 1.93 bits per heavy atom. The second-order valence-corrected chi connectivity index (χ2v) is 8.56. The Kier molecular flexibility index (Phi) is 5.00. The number of nitrogens with zero attached hydrogens (tertiary/aromatic N) is 4. The first-order valence-electron chi connectivity index (χ1n) is 8.87. The third-order valence-electron chi connectivity index (χ3n) is 4.37. The van der Waals surface area contributed by atoms with Crippen LogP contribution in [-0.4, -0.2) is 33.7 Å². The minimum Gasteiger partial charge on any atom is -0.346 e. The summed E-state index contributed by atoms with van der Waals surface area (Å²) in [6.07, 6.45) is 7.47. The summed E-state index contributed by atoms with van der Waals surface area (Å²) < 4.78 is 40.6. The molecule has 1 N–H and O–H groups in total. The van der Waals surface area contributed by atoms with Crippen molar-refractivity contribution in [1.29, 1.82) is 0 Å². The zero-order valence-corrected chi connectivity index (χ0v) is 16.6. The van der Waals surface area contributed by atoms with Gasteiger partial charge in [-0.15, -0.1) is 0 Å². The predicted molar refractivity (Wildman–Crippen MR) is 105 cm³/mol. The summed E-state index contributed by atoms with van der Waals surface area (Å²) in [5.74, 6) is -0.491. The fraction of sp³-hybridized carbons (Fsp3) is 0.100. The van der Waals surface area contributed by atoms with Gasteiger partial charge in [0.05, 0.1) is 27.6 Å². The van der Waals surface area contributed by atoms with Gasteiger partial charge in [-0.2, -0.15) is 0 Å². The zero-order chi connectivity index (χ0) is 21.3. The summed E-state index contributed by atoms with van der Waals surface area (Å²) in [5.41, 5.74) is 1.32. The number of pyridine rings is 1. The Morgan fingerprint density at radius 1 is 1.10 bits per heavy atom. The van der Waals surface area contributed by atoms with Crippen molar-refractivity contribution in [2.24, 2.45) is 0 Å². The van der Waals surface area contributed by atoms with Crippen LogP contribution in [0.25, 0.3) is 5.78 Å². The van der Waals surface area contributed by atoms with Crippen LogP contribution in [0.3, 0.4) is 0 Å². The number of fused-ring (bicyclic) bond motifs is 1. The molecule has 0 atom stereocenters. The molecule has 0 aliphatic heterocycles. The molecule has 0 radical (unpaired) electrons. The fourth-order valence-electron chi connectivity index (χ4n) is 2.88. The maximum atomic E-state index is 13.6. The molecule has 0 bridgehead atoms. The van der Waals surface area contributed by atoms with E-state index in [1.807, 2.05) is 0 Å². The highest BCUT2D eigenvalue weighted by molar-refractivity contribution is 7.91. The van der Waals surface area contributed by atoms with Gasteiger partial charge in [-0.1, -0.05) is 0 Å². The third-order valence-corrected chi connectivity index (χ3v) is 6.09. The van der Waals surface area contributed by atoms with Crippen LogP contribution in [0, 0.1) is 12.7 Å². The third kappa shape index (κ3) is 3.90. The molecule has 10 heteroatoms. The number of imidazole rings is 1. The van der Waals surface area contributed by atoms with Crippen LogP contribution < -0.4 is 5.32 Å². The van der Waals surface area contributed by atoms with E-state index in [1.54, 1.807) is 29.9 Å². The topological polar surface area (TPSA) is 106 Å². The fourth-order valence-corrected chi connectivity index (χ4v) is 4.19. The molecule has 8 nitrogen and oxygen atoms in total. The number of carbonyl (C=O) groups is 1. The highest BCUT2D eigenvalue weighted by Crippen LogP contribution is 2.22. The van der Waals surface area contributed by atoms with E-state index in [-0.39, 0.29) is 22.2 Å². The number of hydrogen-bond donors (Lipinski definition) is 1. The van der Waals surface area contributed by atoms with Crippen LogP contribution in [0.15, 0.2) is 71.1 Å². The van der Waals surface area contributed by atoms with Gasteiger partial charge in [0.15, 0.2) is 0 Å². The quantitative estimate of drug-likeness (QED) is 0.526. The van der Waals surface area contributed by atoms with Gasteiger partial charge in [0.2, 0.25) is 15.6 Å². The number of carbonyl (C=O) groups excluding carboxylic acids is 1. The number of benzene rings is 1. The van der Waals surface area contributed by atoms with E-state index in [2.05, 4.69) is 20.3 Å². The smallest absolute Gasteiger partial charge is 0.254 e. The molecule has 152 valence electrons. The molecule has 1 amide bonds. The summed E-state index contributed by atoms with van der Waals surface area (Å²) in [7, 11) is -3.90. The number of hydrogen-bond acceptors (Lipinski definition) is 6. The van der Waals surface area contributed by atoms with Crippen molar-refractivity contribution in [3.05, 3.63) is 84.0 Å². The summed E-state index contributed by atoms with van der Waals surface area (Å²) in [6.45, 7) is 1.71. The first kappa shape index (κ1) is 19.6. The molecule has 3 aromatic heterocycles. The van der Waals surface area contributed by atoms with Crippen LogP contribution in [-0.2, 0) is 16.4 Å². The molecule has 4 rings (SSSR count). The van der Waals surface area contributed by atoms with E-state index in [0.29, 0.717) is 22.6 Å². The van der Waals surface area contributed by atoms with Gasteiger partial charge in [-0.3, -0.25) is 14.2 Å². The maximum Gasteiger partial charge on any atom is 0.254 e. The zero-order valence-electron chi connectivity index (χ0n) is 15.8. The first-order chi connectivity index (χ1) is 14.3. The van der Waals surface area contributed by atoms with Crippen molar-refractivity contribution in [2.75, 3.05) is 0 Å². The number of nitrogens with one attached hydrogen (secondary N) is 1. The SMILES string of the molecule is Cc1cc(F)cc(S(=O)(=O)c2ccc(CNC(=O)c3cnc4nccn4c3)nc2)c1. The van der Waals surface area contributed by atoms with Crippen LogP contribution in [0.1, 0.15) is 21.6 Å². The second kappa shape index (κ2) is 7.64. The van der Waals surface area contributed by atoms with Crippen molar-refractivity contribution < 1.29 is 17.6 Å². The van der Waals surface area contributed by atoms with Crippen molar-refractivity contribution in [3.8, 4) is 0 Å². The minimum atomic E-state index is -3.90. The molecule has 3 heterocycles. The van der Waals surface area contributed by atoms with Crippen molar-refractivity contribution in [3.63, 3.8) is 0 Å². The standard InChI is InChI=1S/C20H16FN5O3S/c1-13-6-15(21)8-18(7-13)30(28,29)17-3-2-16(23-11-17)10-24-19(27)14-9-25-20-22-4-5-26(20)12-14/h2-9,11-12H,10H2,1H3,(H,24,27). The molecule has 0 unspecified atom stereocenters. The number of amides is 1. The molecular weight excluding hydrogens is 409 g/mol. The Hall–Kier alpha value is -3.66. The molecule has 4 aromatic rings. The second-order valence-electron chi connectivity index (χ2n) is 6.61. The Labute approximate surface area is 171 Å². The van der Waals surface area contributed by atoms with Crippen LogP contribution in [0.2, 0.25) is 0 Å². The molecule has 0 spiro atoms. The van der Waals surface area contributed by atoms with Crippen LogP contribution >= 0.6 is 0 Å². The van der Waals surface area contributed by atoms with Crippen LogP contribution in [0.5, 0.6) is 0 Å². The molecule has 0 saturated carbocycles. The molecule has 0 aliphatic rings. The van der Waals surface area contributed by atoms with E-state index in [1.165, 1.54) is 36.7 Å². The Morgan fingerprint density at radius 3 is 2.67 bits per heavy atom. The lowest BCUT2D eigenvalue weighted by molar-refractivity contribution is 0.0949. The van der Waals surface area contributed by atoms with Gasteiger partial charge >= 0.3 is 0 Å². The molecule has 30 heavy (non-hydrogen) atoms. The van der Waals surface area contributed by atoms with E-state index >= 15 is 0 Å². The predicted octanol–water partition coefficient (Wildman–Crippen LogP) is 2.33. The molecule has 0 saturated heterocycles. The van der Waals surface area contributed by atoms with Crippen molar-refractivity contribution >= 4 is 21.5 Å². The van der Waals surface area contributed by atoms with Gasteiger partial charge in [-0.25, -0.2) is 22.8 Å². The highest BCUT2D eigenvalue weighted by atomic mass is 32.2. The molecule has 1 aromatic carbocycles. The minimum absolute atomic E-state index is 0.0580. The highest BCUT2D eigenvalue weighted by Gasteiger charge is 2.19. The van der Waals surface area contributed by atoms with Gasteiger partial charge in [0.1, 0.15) is 5.82 Å². The lowest BCUT2D eigenvalue weighted by Crippen LogP contribution is -2.23. The largest absolute Gasteiger partial charge is 0.346 e. The number of aromatic nitrogens is 4. The van der Waals surface area contributed by atoms with E-state index in [4.69, 9.17) is 0 Å². The number of rotatable bonds is 5. The van der Waals surface area contributed by atoms with E-state index < -0.39 is 15.7 Å². The summed E-state index contributed by atoms with van der Waals surface area (Å²) in [4.78, 5) is 24.3. The molecule has 0 aliphatic carbocycles. The summed E-state index contributed by atoms with van der Waals surface area (Å²) in [6, 6.07) is 6.50. The Bertz CT molecular complexity index is 1330. The van der Waals surface area contributed by atoms with Crippen LogP contribution in [0.4, 0.5) is 4.39 Å². The molecular formula is C20H16FN5O3S. The average Bonchev–Trinajstić information content (AvgIpc) is 3.19. The van der Waals surface area contributed by atoms with Gasteiger partial charge in [0, 0.05) is 31.0 Å². The van der Waals surface area contributed by atoms with Crippen molar-refractivity contribution in [2.45, 2.75) is 23.3 Å². The number of aryl methyl sites for hydroxylation is 1. The Balaban J connectivity index is 1.47.